The van der Waals surface area contributed by atoms with Gasteiger partial charge in [-0.15, -0.1) is 12.3 Å². The van der Waals surface area contributed by atoms with Crippen molar-refractivity contribution in [3.8, 4) is 12.3 Å². The summed E-state index contributed by atoms with van der Waals surface area (Å²) >= 11 is 0. The summed E-state index contributed by atoms with van der Waals surface area (Å²) in [5.74, 6) is 2.49. The second kappa shape index (κ2) is 6.56. The van der Waals surface area contributed by atoms with E-state index in [9.17, 15) is 4.39 Å². The summed E-state index contributed by atoms with van der Waals surface area (Å²) in [4.78, 5) is 0. The van der Waals surface area contributed by atoms with E-state index in [4.69, 9.17) is 6.42 Å². The van der Waals surface area contributed by atoms with Gasteiger partial charge in [0.1, 0.15) is 5.82 Å². The summed E-state index contributed by atoms with van der Waals surface area (Å²) in [6, 6.07) is 7.04. The maximum atomic E-state index is 13.0. The zero-order valence-electron chi connectivity index (χ0n) is 11.5. The van der Waals surface area contributed by atoms with Crippen LogP contribution in [0.4, 0.5) is 4.39 Å². The van der Waals surface area contributed by atoms with E-state index in [-0.39, 0.29) is 11.2 Å². The second-order valence-electron chi connectivity index (χ2n) is 5.08. The van der Waals surface area contributed by atoms with Crippen LogP contribution in [0.3, 0.4) is 0 Å². The average Bonchev–Trinajstić information content (AvgIpc) is 2.35. The van der Waals surface area contributed by atoms with E-state index >= 15 is 0 Å². The van der Waals surface area contributed by atoms with Gasteiger partial charge >= 0.3 is 0 Å². The van der Waals surface area contributed by atoms with Gasteiger partial charge in [-0.2, -0.15) is 0 Å². The van der Waals surface area contributed by atoms with Crippen molar-refractivity contribution < 1.29 is 4.39 Å². The van der Waals surface area contributed by atoms with Gasteiger partial charge in [0, 0.05) is 17.9 Å². The molecule has 98 valence electrons. The minimum atomic E-state index is -0.196. The number of rotatable bonds is 6. The Labute approximate surface area is 110 Å². The van der Waals surface area contributed by atoms with Crippen molar-refractivity contribution in [2.75, 3.05) is 6.54 Å². The van der Waals surface area contributed by atoms with Gasteiger partial charge in [0.05, 0.1) is 0 Å². The summed E-state index contributed by atoms with van der Waals surface area (Å²) in [6.07, 6.45) is 7.03. The number of hydrogen-bond donors (Lipinski definition) is 1. The maximum Gasteiger partial charge on any atom is 0.123 e. The molecule has 1 N–H and O–H groups in total. The third kappa shape index (κ3) is 3.58. The first kappa shape index (κ1) is 14.7. The monoisotopic (exact) mass is 247 g/mol. The number of nitrogens with one attached hydrogen (secondary N) is 1. The molecule has 1 atom stereocenters. The van der Waals surface area contributed by atoms with Crippen LogP contribution in [-0.4, -0.2) is 12.6 Å². The molecular formula is C16H22FN. The van der Waals surface area contributed by atoms with Crippen LogP contribution in [0.25, 0.3) is 0 Å². The minimum Gasteiger partial charge on any atom is -0.313 e. The zero-order valence-corrected chi connectivity index (χ0v) is 11.5. The fraction of sp³-hybridized carbons (Fsp3) is 0.500. The number of likely N-dealkylation sites (N-methyl/N-ethyl adjacent to an activating group) is 1. The van der Waals surface area contributed by atoms with Gasteiger partial charge in [0.2, 0.25) is 0 Å². The molecule has 1 unspecified atom stereocenters. The van der Waals surface area contributed by atoms with E-state index in [1.807, 2.05) is 12.1 Å². The molecule has 0 bridgehead atoms. The van der Waals surface area contributed by atoms with Crippen molar-refractivity contribution >= 4 is 0 Å². The van der Waals surface area contributed by atoms with Gasteiger partial charge in [0.25, 0.3) is 0 Å². The first-order valence-electron chi connectivity index (χ1n) is 6.45. The molecule has 1 aromatic rings. The van der Waals surface area contributed by atoms with Crippen LogP contribution in [0.2, 0.25) is 0 Å². The molecule has 0 heterocycles. The van der Waals surface area contributed by atoms with Crippen molar-refractivity contribution in [1.82, 2.24) is 5.32 Å². The fourth-order valence-electron chi connectivity index (χ4n) is 2.27. The second-order valence-corrected chi connectivity index (χ2v) is 5.08. The topological polar surface area (TPSA) is 12.0 Å². The summed E-state index contributed by atoms with van der Waals surface area (Å²) < 4.78 is 13.0. The molecule has 0 radical (unpaired) electrons. The van der Waals surface area contributed by atoms with Crippen molar-refractivity contribution in [2.24, 2.45) is 0 Å². The molecule has 1 nitrogen and oxygen atoms in total. The van der Waals surface area contributed by atoms with Gasteiger partial charge in [-0.25, -0.2) is 4.39 Å². The Morgan fingerprint density at radius 1 is 1.33 bits per heavy atom. The summed E-state index contributed by atoms with van der Waals surface area (Å²) in [6.45, 7) is 7.33. The number of terminal acetylenes is 1. The molecule has 0 fully saturated rings. The summed E-state index contributed by atoms with van der Waals surface area (Å²) in [7, 11) is 0. The summed E-state index contributed by atoms with van der Waals surface area (Å²) in [5.41, 5.74) is 1.06. The van der Waals surface area contributed by atoms with Gasteiger partial charge in [-0.3, -0.25) is 0 Å². The van der Waals surface area contributed by atoms with Gasteiger partial charge < -0.3 is 5.32 Å². The fourth-order valence-corrected chi connectivity index (χ4v) is 2.27. The smallest absolute Gasteiger partial charge is 0.123 e. The highest BCUT2D eigenvalue weighted by Gasteiger charge is 2.30. The molecule has 0 amide bonds. The first-order valence-corrected chi connectivity index (χ1v) is 6.45. The van der Waals surface area contributed by atoms with Crippen molar-refractivity contribution in [2.45, 2.75) is 45.1 Å². The molecule has 0 aromatic heterocycles. The molecular weight excluding hydrogens is 225 g/mol. The summed E-state index contributed by atoms with van der Waals surface area (Å²) in [5, 5.41) is 3.48. The number of hydrogen-bond acceptors (Lipinski definition) is 1. The predicted octanol–water partition coefficient (Wildman–Crippen LogP) is 3.49. The van der Waals surface area contributed by atoms with Gasteiger partial charge in [-0.05, 0) is 30.7 Å². The Bertz CT molecular complexity index is 400. The van der Waals surface area contributed by atoms with Crippen LogP contribution in [0, 0.1) is 18.2 Å². The van der Waals surface area contributed by atoms with Crippen LogP contribution < -0.4 is 5.32 Å². The lowest BCUT2D eigenvalue weighted by molar-refractivity contribution is 0.330. The lowest BCUT2D eigenvalue weighted by atomic mass is 9.76. The van der Waals surface area contributed by atoms with E-state index in [0.29, 0.717) is 6.04 Å². The highest BCUT2D eigenvalue weighted by atomic mass is 19.1. The molecule has 0 saturated carbocycles. The van der Waals surface area contributed by atoms with Crippen molar-refractivity contribution in [1.29, 1.82) is 0 Å². The maximum absolute atomic E-state index is 13.0. The van der Waals surface area contributed by atoms with Crippen molar-refractivity contribution in [3.63, 3.8) is 0 Å². The third-order valence-electron chi connectivity index (χ3n) is 3.49. The van der Waals surface area contributed by atoms with Crippen LogP contribution >= 0.6 is 0 Å². The first-order chi connectivity index (χ1) is 8.52. The van der Waals surface area contributed by atoms with Crippen molar-refractivity contribution in [3.05, 3.63) is 35.6 Å². The molecule has 18 heavy (non-hydrogen) atoms. The van der Waals surface area contributed by atoms with Crippen LogP contribution in [0.15, 0.2) is 24.3 Å². The standard InChI is InChI=1S/C16H22FN/c1-5-7-8-15(18-6-2)16(3,4)13-9-11-14(17)12-10-13/h1,9-12,15,18H,6-8H2,2-4H3. The van der Waals surface area contributed by atoms with Crippen LogP contribution in [-0.2, 0) is 5.41 Å². The van der Waals surface area contributed by atoms with E-state index in [1.165, 1.54) is 12.1 Å². The van der Waals surface area contributed by atoms with Crippen LogP contribution in [0.1, 0.15) is 39.2 Å². The van der Waals surface area contributed by atoms with E-state index < -0.39 is 0 Å². The molecule has 0 saturated heterocycles. The zero-order chi connectivity index (χ0) is 13.6. The normalized spacial score (nSPS) is 13.1. The number of halogens is 1. The Kier molecular flexibility index (Phi) is 5.37. The molecule has 1 rings (SSSR count). The predicted molar refractivity (Wildman–Crippen MR) is 75.0 cm³/mol. The molecule has 0 aliphatic heterocycles. The molecule has 1 aromatic carbocycles. The van der Waals surface area contributed by atoms with E-state index in [2.05, 4.69) is 32.0 Å². The quantitative estimate of drug-likeness (QED) is 0.759. The van der Waals surface area contributed by atoms with Gasteiger partial charge in [0.15, 0.2) is 0 Å². The highest BCUT2D eigenvalue weighted by Crippen LogP contribution is 2.29. The third-order valence-corrected chi connectivity index (χ3v) is 3.49. The SMILES string of the molecule is C#CCCC(NCC)C(C)(C)c1ccc(F)cc1. The average molecular weight is 247 g/mol. The minimum absolute atomic E-state index is 0.0689. The molecule has 0 aliphatic rings. The number of benzene rings is 1. The highest BCUT2D eigenvalue weighted by molar-refractivity contribution is 5.26. The van der Waals surface area contributed by atoms with E-state index in [0.717, 1.165) is 24.9 Å². The van der Waals surface area contributed by atoms with Gasteiger partial charge in [-0.1, -0.05) is 32.9 Å². The van der Waals surface area contributed by atoms with Crippen LogP contribution in [0.5, 0.6) is 0 Å². The Morgan fingerprint density at radius 3 is 2.44 bits per heavy atom. The lowest BCUT2D eigenvalue weighted by Crippen LogP contribution is -2.44. The Balaban J connectivity index is 2.92. The lowest BCUT2D eigenvalue weighted by Gasteiger charge is -2.35. The molecule has 0 aliphatic carbocycles. The Morgan fingerprint density at radius 2 is 1.94 bits per heavy atom. The van der Waals surface area contributed by atoms with E-state index in [1.54, 1.807) is 0 Å². The molecule has 2 heteroatoms. The Hall–Kier alpha value is -1.33. The largest absolute Gasteiger partial charge is 0.313 e. The molecule has 0 spiro atoms.